The van der Waals surface area contributed by atoms with Crippen LogP contribution in [0.3, 0.4) is 0 Å². The lowest BCUT2D eigenvalue weighted by atomic mass is 10.2. The number of anilines is 2. The highest BCUT2D eigenvalue weighted by Crippen LogP contribution is 2.25. The molecule has 1 unspecified atom stereocenters. The van der Waals surface area contributed by atoms with E-state index in [1.807, 2.05) is 32.9 Å². The third-order valence-electron chi connectivity index (χ3n) is 3.09. The van der Waals surface area contributed by atoms with E-state index in [0.717, 1.165) is 31.8 Å². The Balaban J connectivity index is 1.89. The first-order valence-electron chi connectivity index (χ1n) is 7.25. The molecule has 0 amide bonds. The lowest BCUT2D eigenvalue weighted by molar-refractivity contribution is 0.107. The summed E-state index contributed by atoms with van der Waals surface area (Å²) in [5, 5.41) is 3.30. The van der Waals surface area contributed by atoms with Gasteiger partial charge in [0.1, 0.15) is 11.4 Å². The summed E-state index contributed by atoms with van der Waals surface area (Å²) in [4.78, 5) is 4.42. The summed E-state index contributed by atoms with van der Waals surface area (Å²) in [6.45, 7) is 7.67. The molecule has 1 atom stereocenters. The van der Waals surface area contributed by atoms with E-state index in [0.29, 0.717) is 17.7 Å². The van der Waals surface area contributed by atoms with Crippen molar-refractivity contribution in [2.75, 3.05) is 24.2 Å². The average molecular weight is 279 g/mol. The number of ether oxygens (including phenoxy) is 2. The van der Waals surface area contributed by atoms with Gasteiger partial charge in [0.25, 0.3) is 0 Å². The lowest BCUT2D eigenvalue weighted by Crippen LogP contribution is -2.24. The number of nitrogen functional groups attached to an aromatic ring is 1. The van der Waals surface area contributed by atoms with Gasteiger partial charge in [0.2, 0.25) is 5.88 Å². The summed E-state index contributed by atoms with van der Waals surface area (Å²) >= 11 is 0. The summed E-state index contributed by atoms with van der Waals surface area (Å²) in [6, 6.07) is 3.70. The minimum absolute atomic E-state index is 0.308. The van der Waals surface area contributed by atoms with E-state index in [-0.39, 0.29) is 5.60 Å². The monoisotopic (exact) mass is 279 g/mol. The summed E-state index contributed by atoms with van der Waals surface area (Å²) in [5.41, 5.74) is 6.14. The van der Waals surface area contributed by atoms with Crippen LogP contribution >= 0.6 is 0 Å². The maximum atomic E-state index is 5.89. The molecule has 1 aromatic heterocycles. The van der Waals surface area contributed by atoms with Crippen molar-refractivity contribution >= 4 is 11.5 Å². The minimum atomic E-state index is -0.308. The highest BCUT2D eigenvalue weighted by atomic mass is 16.5. The molecule has 1 fully saturated rings. The Kier molecular flexibility index (Phi) is 4.70. The molecule has 112 valence electrons. The summed E-state index contributed by atoms with van der Waals surface area (Å²) in [6.07, 6.45) is 3.73. The van der Waals surface area contributed by atoms with Crippen molar-refractivity contribution in [3.05, 3.63) is 12.1 Å². The van der Waals surface area contributed by atoms with E-state index < -0.39 is 0 Å². The largest absolute Gasteiger partial charge is 0.470 e. The standard InChI is InChI=1S/C15H25N3O2/c1-15(2,3)20-14-12(16)6-7-13(18-14)17-9-8-11-5-4-10-19-11/h6-7,11H,4-5,8-10,16H2,1-3H3,(H,17,18). The Morgan fingerprint density at radius 3 is 2.90 bits per heavy atom. The SMILES string of the molecule is CC(C)(C)Oc1nc(NCCC2CCCO2)ccc1N. The fraction of sp³-hybridized carbons (Fsp3) is 0.667. The fourth-order valence-corrected chi connectivity index (χ4v) is 2.15. The third kappa shape index (κ3) is 4.56. The average Bonchev–Trinajstić information content (AvgIpc) is 2.84. The second kappa shape index (κ2) is 6.31. The number of nitrogens with zero attached hydrogens (tertiary/aromatic N) is 1. The van der Waals surface area contributed by atoms with Crippen LogP contribution in [0.15, 0.2) is 12.1 Å². The van der Waals surface area contributed by atoms with Gasteiger partial charge >= 0.3 is 0 Å². The van der Waals surface area contributed by atoms with E-state index in [9.17, 15) is 0 Å². The number of pyridine rings is 1. The van der Waals surface area contributed by atoms with Crippen LogP contribution in [0.25, 0.3) is 0 Å². The first kappa shape index (κ1) is 14.9. The van der Waals surface area contributed by atoms with Crippen molar-refractivity contribution in [3.8, 4) is 5.88 Å². The Bertz CT molecular complexity index is 437. The third-order valence-corrected chi connectivity index (χ3v) is 3.09. The number of nitrogens with one attached hydrogen (secondary N) is 1. The molecule has 1 aliphatic rings. The maximum absolute atomic E-state index is 5.89. The van der Waals surface area contributed by atoms with E-state index in [1.54, 1.807) is 0 Å². The van der Waals surface area contributed by atoms with Crippen molar-refractivity contribution in [2.24, 2.45) is 0 Å². The van der Waals surface area contributed by atoms with Gasteiger partial charge in [-0.15, -0.1) is 0 Å². The molecule has 0 radical (unpaired) electrons. The molecule has 0 bridgehead atoms. The zero-order chi connectivity index (χ0) is 14.6. The minimum Gasteiger partial charge on any atom is -0.470 e. The van der Waals surface area contributed by atoms with Crippen molar-refractivity contribution in [1.29, 1.82) is 0 Å². The van der Waals surface area contributed by atoms with Crippen LogP contribution in [0, 0.1) is 0 Å². The Morgan fingerprint density at radius 2 is 2.25 bits per heavy atom. The molecule has 5 nitrogen and oxygen atoms in total. The van der Waals surface area contributed by atoms with E-state index in [2.05, 4.69) is 10.3 Å². The number of aromatic nitrogens is 1. The zero-order valence-electron chi connectivity index (χ0n) is 12.6. The molecule has 0 spiro atoms. The normalized spacial score (nSPS) is 19.1. The summed E-state index contributed by atoms with van der Waals surface area (Å²) < 4.78 is 11.3. The topological polar surface area (TPSA) is 69.4 Å². The van der Waals surface area contributed by atoms with Crippen molar-refractivity contribution in [2.45, 2.75) is 51.7 Å². The smallest absolute Gasteiger partial charge is 0.239 e. The summed E-state index contributed by atoms with van der Waals surface area (Å²) in [5.74, 6) is 1.27. The van der Waals surface area contributed by atoms with E-state index >= 15 is 0 Å². The molecular weight excluding hydrogens is 254 g/mol. The van der Waals surface area contributed by atoms with Crippen LogP contribution in [0.5, 0.6) is 5.88 Å². The zero-order valence-corrected chi connectivity index (χ0v) is 12.6. The van der Waals surface area contributed by atoms with Gasteiger partial charge in [0.15, 0.2) is 0 Å². The molecule has 3 N–H and O–H groups in total. The van der Waals surface area contributed by atoms with Gasteiger partial charge < -0.3 is 20.5 Å². The molecule has 20 heavy (non-hydrogen) atoms. The Labute approximate surface area is 120 Å². The van der Waals surface area contributed by atoms with Gasteiger partial charge in [-0.25, -0.2) is 0 Å². The Hall–Kier alpha value is -1.49. The quantitative estimate of drug-likeness (QED) is 0.867. The van der Waals surface area contributed by atoms with Crippen molar-refractivity contribution in [3.63, 3.8) is 0 Å². The second-order valence-electron chi connectivity index (χ2n) is 6.16. The molecule has 2 rings (SSSR count). The molecule has 1 saturated heterocycles. The van der Waals surface area contributed by atoms with E-state index in [1.165, 1.54) is 6.42 Å². The van der Waals surface area contributed by atoms with E-state index in [4.69, 9.17) is 15.2 Å². The number of hydrogen-bond acceptors (Lipinski definition) is 5. The molecule has 1 aromatic rings. The molecule has 5 heteroatoms. The van der Waals surface area contributed by atoms with Crippen LogP contribution in [0.4, 0.5) is 11.5 Å². The Morgan fingerprint density at radius 1 is 1.45 bits per heavy atom. The predicted octanol–water partition coefficient (Wildman–Crippen LogP) is 2.82. The molecule has 0 saturated carbocycles. The molecular formula is C15H25N3O2. The van der Waals surface area contributed by atoms with Crippen LogP contribution in [0.1, 0.15) is 40.0 Å². The number of nitrogens with two attached hydrogens (primary N) is 1. The van der Waals surface area contributed by atoms with Crippen molar-refractivity contribution < 1.29 is 9.47 Å². The van der Waals surface area contributed by atoms with Gasteiger partial charge in [-0.1, -0.05) is 0 Å². The first-order valence-corrected chi connectivity index (χ1v) is 7.25. The van der Waals surface area contributed by atoms with Gasteiger partial charge in [-0.05, 0) is 52.2 Å². The van der Waals surface area contributed by atoms with Gasteiger partial charge in [-0.2, -0.15) is 4.98 Å². The fourth-order valence-electron chi connectivity index (χ4n) is 2.15. The number of hydrogen-bond donors (Lipinski definition) is 2. The highest BCUT2D eigenvalue weighted by molar-refractivity contribution is 5.53. The molecule has 0 aliphatic carbocycles. The second-order valence-corrected chi connectivity index (χ2v) is 6.16. The van der Waals surface area contributed by atoms with Crippen LogP contribution in [-0.2, 0) is 4.74 Å². The maximum Gasteiger partial charge on any atom is 0.239 e. The van der Waals surface area contributed by atoms with Crippen LogP contribution in [0.2, 0.25) is 0 Å². The summed E-state index contributed by atoms with van der Waals surface area (Å²) in [7, 11) is 0. The first-order chi connectivity index (χ1) is 9.44. The number of rotatable bonds is 5. The molecule has 0 aromatic carbocycles. The predicted molar refractivity (Wildman–Crippen MR) is 81.1 cm³/mol. The molecule has 2 heterocycles. The van der Waals surface area contributed by atoms with Gasteiger partial charge in [-0.3, -0.25) is 0 Å². The van der Waals surface area contributed by atoms with Crippen molar-refractivity contribution in [1.82, 2.24) is 4.98 Å². The highest BCUT2D eigenvalue weighted by Gasteiger charge is 2.16. The van der Waals surface area contributed by atoms with Crippen LogP contribution in [-0.4, -0.2) is 29.8 Å². The van der Waals surface area contributed by atoms with Crippen LogP contribution < -0.4 is 15.8 Å². The van der Waals surface area contributed by atoms with Gasteiger partial charge in [0.05, 0.1) is 11.8 Å². The van der Waals surface area contributed by atoms with Gasteiger partial charge in [0, 0.05) is 13.2 Å². The molecule has 1 aliphatic heterocycles. The lowest BCUT2D eigenvalue weighted by Gasteiger charge is -2.21.